The van der Waals surface area contributed by atoms with Crippen LogP contribution in [0.2, 0.25) is 5.15 Å². The Hall–Kier alpha value is -4.12. The van der Waals surface area contributed by atoms with Crippen LogP contribution in [0.3, 0.4) is 0 Å². The van der Waals surface area contributed by atoms with Crippen LogP contribution in [0.5, 0.6) is 34.6 Å². The molecule has 0 radical (unpaired) electrons. The SMILES string of the molecule is COc1cc2c(Cl)ncnc2cc1OCCCl.COc1cc2c(Oc3ccc4c(c3F)C=C(C)C4)ncnc2cc1OCCCl. The second-order valence-corrected chi connectivity index (χ2v) is 10.8. The molecule has 45 heavy (non-hydrogen) atoms. The summed E-state index contributed by atoms with van der Waals surface area (Å²) in [6.07, 6.45) is 5.37. The van der Waals surface area contributed by atoms with Crippen molar-refractivity contribution < 1.29 is 28.1 Å². The summed E-state index contributed by atoms with van der Waals surface area (Å²) in [4.78, 5) is 16.5. The zero-order valence-corrected chi connectivity index (χ0v) is 26.8. The van der Waals surface area contributed by atoms with Gasteiger partial charge in [-0.1, -0.05) is 29.3 Å². The van der Waals surface area contributed by atoms with Crippen molar-refractivity contribution in [2.75, 3.05) is 39.2 Å². The number of fused-ring (bicyclic) bond motifs is 3. The van der Waals surface area contributed by atoms with Crippen molar-refractivity contribution in [3.63, 3.8) is 0 Å². The molecule has 0 fully saturated rings. The summed E-state index contributed by atoms with van der Waals surface area (Å²) in [6, 6.07) is 10.5. The molecular formula is C32H28Cl3FN4O5. The second-order valence-electron chi connectivity index (χ2n) is 9.68. The fourth-order valence-electron chi connectivity index (χ4n) is 4.70. The molecule has 13 heteroatoms. The van der Waals surface area contributed by atoms with Gasteiger partial charge in [-0.3, -0.25) is 0 Å². The van der Waals surface area contributed by atoms with Gasteiger partial charge in [-0.2, -0.15) is 0 Å². The highest BCUT2D eigenvalue weighted by molar-refractivity contribution is 6.34. The van der Waals surface area contributed by atoms with E-state index in [0.717, 1.165) is 22.9 Å². The molecule has 0 spiro atoms. The van der Waals surface area contributed by atoms with E-state index in [4.69, 9.17) is 58.5 Å². The predicted molar refractivity (Wildman–Crippen MR) is 173 cm³/mol. The summed E-state index contributed by atoms with van der Waals surface area (Å²) in [5.74, 6) is 2.91. The molecule has 0 atom stereocenters. The predicted octanol–water partition coefficient (Wildman–Crippen LogP) is 8.06. The van der Waals surface area contributed by atoms with Crippen molar-refractivity contribution in [3.05, 3.63) is 76.7 Å². The first-order valence-corrected chi connectivity index (χ1v) is 15.2. The van der Waals surface area contributed by atoms with Crippen molar-refractivity contribution in [2.24, 2.45) is 0 Å². The smallest absolute Gasteiger partial charge is 0.230 e. The van der Waals surface area contributed by atoms with Crippen molar-refractivity contribution in [3.8, 4) is 34.6 Å². The number of aromatic nitrogens is 4. The Morgan fingerprint density at radius 2 is 1.36 bits per heavy atom. The van der Waals surface area contributed by atoms with Crippen molar-refractivity contribution >= 4 is 62.7 Å². The van der Waals surface area contributed by atoms with Gasteiger partial charge in [0, 0.05) is 23.1 Å². The molecule has 6 rings (SSSR count). The molecule has 0 amide bonds. The second kappa shape index (κ2) is 14.8. The van der Waals surface area contributed by atoms with Gasteiger partial charge in [0.2, 0.25) is 5.88 Å². The third-order valence-electron chi connectivity index (χ3n) is 6.73. The number of hydrogen-bond acceptors (Lipinski definition) is 9. The number of nitrogens with zero attached hydrogens (tertiary/aromatic N) is 4. The highest BCUT2D eigenvalue weighted by Crippen LogP contribution is 2.38. The third kappa shape index (κ3) is 7.24. The Labute approximate surface area is 273 Å². The lowest BCUT2D eigenvalue weighted by Crippen LogP contribution is -2.01. The van der Waals surface area contributed by atoms with Crippen LogP contribution in [0.4, 0.5) is 4.39 Å². The van der Waals surface area contributed by atoms with E-state index in [1.54, 1.807) is 37.4 Å². The number of rotatable bonds is 10. The first kappa shape index (κ1) is 32.3. The van der Waals surface area contributed by atoms with E-state index in [1.165, 1.54) is 19.8 Å². The lowest BCUT2D eigenvalue weighted by Gasteiger charge is -2.13. The van der Waals surface area contributed by atoms with Crippen LogP contribution >= 0.6 is 34.8 Å². The molecule has 234 valence electrons. The molecule has 3 aromatic carbocycles. The minimum absolute atomic E-state index is 0.117. The van der Waals surface area contributed by atoms with E-state index in [-0.39, 0.29) is 11.6 Å². The summed E-state index contributed by atoms with van der Waals surface area (Å²) >= 11 is 17.2. The maximum Gasteiger partial charge on any atom is 0.230 e. The van der Waals surface area contributed by atoms with E-state index in [9.17, 15) is 4.39 Å². The number of ether oxygens (including phenoxy) is 5. The maximum absolute atomic E-state index is 14.9. The minimum Gasteiger partial charge on any atom is -0.493 e. The van der Waals surface area contributed by atoms with E-state index >= 15 is 0 Å². The molecule has 9 nitrogen and oxygen atoms in total. The van der Waals surface area contributed by atoms with Crippen LogP contribution in [0.25, 0.3) is 27.9 Å². The van der Waals surface area contributed by atoms with Gasteiger partial charge < -0.3 is 23.7 Å². The van der Waals surface area contributed by atoms with Gasteiger partial charge >= 0.3 is 0 Å². The fourth-order valence-corrected chi connectivity index (χ4v) is 5.05. The monoisotopic (exact) mass is 672 g/mol. The topological polar surface area (TPSA) is 97.7 Å². The molecule has 5 aromatic rings. The fraction of sp³-hybridized carbons (Fsp3) is 0.250. The zero-order valence-electron chi connectivity index (χ0n) is 24.6. The van der Waals surface area contributed by atoms with Crippen LogP contribution in [-0.4, -0.2) is 59.1 Å². The maximum atomic E-state index is 14.9. The molecule has 2 aromatic heterocycles. The first-order chi connectivity index (χ1) is 21.9. The van der Waals surface area contributed by atoms with E-state index in [2.05, 4.69) is 19.9 Å². The number of benzene rings is 3. The zero-order chi connectivity index (χ0) is 31.9. The Morgan fingerprint density at radius 1 is 0.756 bits per heavy atom. The molecule has 0 unspecified atom stereocenters. The molecule has 0 aliphatic heterocycles. The Morgan fingerprint density at radius 3 is 1.98 bits per heavy atom. The van der Waals surface area contributed by atoms with E-state index < -0.39 is 5.82 Å². The molecular weight excluding hydrogens is 646 g/mol. The number of alkyl halides is 2. The average molecular weight is 674 g/mol. The van der Waals surface area contributed by atoms with Crippen LogP contribution in [0.1, 0.15) is 18.1 Å². The first-order valence-electron chi connectivity index (χ1n) is 13.7. The molecule has 0 N–H and O–H groups in total. The Balaban J connectivity index is 0.000000201. The Bertz CT molecular complexity index is 1880. The van der Waals surface area contributed by atoms with Crippen LogP contribution in [-0.2, 0) is 6.42 Å². The van der Waals surface area contributed by atoms with Crippen molar-refractivity contribution in [2.45, 2.75) is 13.3 Å². The van der Waals surface area contributed by atoms with Crippen molar-refractivity contribution in [1.82, 2.24) is 19.9 Å². The van der Waals surface area contributed by atoms with Gasteiger partial charge in [0.05, 0.1) is 42.4 Å². The average Bonchev–Trinajstić information content (AvgIpc) is 3.45. The largest absolute Gasteiger partial charge is 0.493 e. The third-order valence-corrected chi connectivity index (χ3v) is 7.34. The Kier molecular flexibility index (Phi) is 10.6. The highest BCUT2D eigenvalue weighted by Gasteiger charge is 2.20. The number of halogens is 4. The lowest BCUT2D eigenvalue weighted by atomic mass is 10.1. The van der Waals surface area contributed by atoms with E-state index in [1.807, 2.05) is 19.1 Å². The minimum atomic E-state index is -0.393. The summed E-state index contributed by atoms with van der Waals surface area (Å²) in [6.45, 7) is 2.72. The number of allylic oxidation sites excluding steroid dienone is 1. The van der Waals surface area contributed by atoms with Gasteiger partial charge in [0.25, 0.3) is 0 Å². The molecule has 1 aliphatic carbocycles. The van der Waals surface area contributed by atoms with Crippen LogP contribution in [0.15, 0.2) is 54.6 Å². The molecule has 0 saturated carbocycles. The van der Waals surface area contributed by atoms with Crippen molar-refractivity contribution in [1.29, 1.82) is 0 Å². The van der Waals surface area contributed by atoms with Gasteiger partial charge in [0.15, 0.2) is 34.6 Å². The summed E-state index contributed by atoms with van der Waals surface area (Å²) < 4.78 is 42.4. The molecule has 2 heterocycles. The van der Waals surface area contributed by atoms with Gasteiger partial charge in [-0.25, -0.2) is 24.3 Å². The number of hydrogen-bond donors (Lipinski definition) is 0. The summed E-state index contributed by atoms with van der Waals surface area (Å²) in [7, 11) is 3.10. The van der Waals surface area contributed by atoms with Gasteiger partial charge in [-0.15, -0.1) is 23.2 Å². The van der Waals surface area contributed by atoms with Gasteiger partial charge in [-0.05, 0) is 37.1 Å². The molecule has 1 aliphatic rings. The van der Waals surface area contributed by atoms with Gasteiger partial charge in [0.1, 0.15) is 31.0 Å². The summed E-state index contributed by atoms with van der Waals surface area (Å²) in [5, 5.41) is 1.70. The molecule has 0 bridgehead atoms. The highest BCUT2D eigenvalue weighted by atomic mass is 35.5. The standard InChI is InChI=1S/C21H18ClFN2O3.C11H10Cl2N2O2/c1-12-7-13-3-4-17(20(23)14(13)8-12)28-21-15-9-18(26-2)19(27-6-5-22)10-16(15)24-11-25-21;1-16-9-4-7-8(14-6-15-11(7)13)5-10(9)17-3-2-12/h3-4,8-11H,5-7H2,1-2H3;4-6H,2-3H2,1H3. The number of methoxy groups -OCH3 is 2. The van der Waals surface area contributed by atoms with E-state index in [0.29, 0.717) is 75.1 Å². The lowest BCUT2D eigenvalue weighted by molar-refractivity contribution is 0.313. The van der Waals surface area contributed by atoms with Crippen LogP contribution in [0, 0.1) is 5.82 Å². The van der Waals surface area contributed by atoms with Crippen LogP contribution < -0.4 is 23.7 Å². The molecule has 0 saturated heterocycles. The quantitative estimate of drug-likeness (QED) is 0.108. The summed E-state index contributed by atoms with van der Waals surface area (Å²) in [5.41, 5.74) is 3.94. The normalized spacial score (nSPS) is 11.8.